The number of nitrogens with zero attached hydrogens (tertiary/aromatic N) is 1. The molecule has 1 aliphatic heterocycles. The molecule has 1 aliphatic rings. The third-order valence-electron chi connectivity index (χ3n) is 4.27. The molecule has 0 aliphatic carbocycles. The Kier molecular flexibility index (Phi) is 10.5. The van der Waals surface area contributed by atoms with Crippen LogP contribution in [-0.4, -0.2) is 56.5 Å². The Labute approximate surface area is 202 Å². The van der Waals surface area contributed by atoms with Gasteiger partial charge in [0.2, 0.25) is 5.91 Å². The second-order valence-electron chi connectivity index (χ2n) is 8.93. The van der Waals surface area contributed by atoms with E-state index in [9.17, 15) is 13.2 Å². The molecule has 2 rings (SSSR count). The zero-order valence-electron chi connectivity index (χ0n) is 18.9. The third kappa shape index (κ3) is 11.0. The molecule has 31 heavy (non-hydrogen) atoms. The maximum absolute atomic E-state index is 12.1. The number of rotatable bonds is 7. The molecule has 0 spiro atoms. The van der Waals surface area contributed by atoms with E-state index < -0.39 is 9.84 Å². The van der Waals surface area contributed by atoms with Gasteiger partial charge in [-0.15, -0.1) is 24.0 Å². The highest BCUT2D eigenvalue weighted by Gasteiger charge is 2.27. The van der Waals surface area contributed by atoms with Gasteiger partial charge in [-0.25, -0.2) is 13.4 Å². The number of benzene rings is 1. The van der Waals surface area contributed by atoms with Gasteiger partial charge in [-0.3, -0.25) is 4.79 Å². The molecular formula is C21H35IN4O4S. The van der Waals surface area contributed by atoms with Gasteiger partial charge in [0.25, 0.3) is 0 Å². The van der Waals surface area contributed by atoms with E-state index in [4.69, 9.17) is 4.74 Å². The lowest BCUT2D eigenvalue weighted by molar-refractivity contribution is -0.121. The van der Waals surface area contributed by atoms with Gasteiger partial charge in [0.15, 0.2) is 15.8 Å². The summed E-state index contributed by atoms with van der Waals surface area (Å²) in [4.78, 5) is 16.5. The largest absolute Gasteiger partial charge is 0.491 e. The lowest BCUT2D eigenvalue weighted by Crippen LogP contribution is -2.42. The number of hydrogen-bond donors (Lipinski definition) is 3. The van der Waals surface area contributed by atoms with Gasteiger partial charge in [0.1, 0.15) is 12.3 Å². The van der Waals surface area contributed by atoms with Crippen LogP contribution in [0.15, 0.2) is 29.3 Å². The van der Waals surface area contributed by atoms with Crippen molar-refractivity contribution >= 4 is 51.4 Å². The highest BCUT2D eigenvalue weighted by Crippen LogP contribution is 2.18. The summed E-state index contributed by atoms with van der Waals surface area (Å²) >= 11 is 0. The molecule has 1 fully saturated rings. The van der Waals surface area contributed by atoms with Crippen molar-refractivity contribution in [1.29, 1.82) is 0 Å². The summed E-state index contributed by atoms with van der Waals surface area (Å²) in [7, 11) is -2.94. The fourth-order valence-corrected chi connectivity index (χ4v) is 4.91. The van der Waals surface area contributed by atoms with Gasteiger partial charge in [-0.2, -0.15) is 0 Å². The normalized spacial score (nSPS) is 18.3. The molecule has 8 nitrogen and oxygen atoms in total. The van der Waals surface area contributed by atoms with Crippen LogP contribution in [0.25, 0.3) is 0 Å². The van der Waals surface area contributed by atoms with E-state index in [0.29, 0.717) is 18.9 Å². The van der Waals surface area contributed by atoms with Crippen molar-refractivity contribution in [2.24, 2.45) is 10.9 Å². The first-order chi connectivity index (χ1) is 13.9. The van der Waals surface area contributed by atoms with Crippen molar-refractivity contribution in [3.05, 3.63) is 24.3 Å². The van der Waals surface area contributed by atoms with E-state index >= 15 is 0 Å². The standard InChI is InChI=1S/C21H34N4O4S.HI/c1-15(2)29-18-8-6-17(7-9-18)24-20(23-13-19(26)25-21(3,4)5)22-12-16-10-11-30(27,28)14-16;/h6-9,15-16H,10-14H2,1-5H3,(H,25,26)(H2,22,23,24);1H. The van der Waals surface area contributed by atoms with Gasteiger partial charge in [-0.05, 0) is 71.2 Å². The molecule has 0 saturated carbocycles. The minimum atomic E-state index is -2.94. The second kappa shape index (κ2) is 11.9. The minimum absolute atomic E-state index is 0. The average Bonchev–Trinajstić information content (AvgIpc) is 2.96. The summed E-state index contributed by atoms with van der Waals surface area (Å²) in [5.74, 6) is 1.45. The van der Waals surface area contributed by atoms with Crippen molar-refractivity contribution < 1.29 is 17.9 Å². The van der Waals surface area contributed by atoms with Gasteiger partial charge >= 0.3 is 0 Å². The maximum Gasteiger partial charge on any atom is 0.242 e. The van der Waals surface area contributed by atoms with Crippen LogP contribution in [0.3, 0.4) is 0 Å². The van der Waals surface area contributed by atoms with E-state index in [-0.39, 0.29) is 65.5 Å². The lowest BCUT2D eigenvalue weighted by Gasteiger charge is -2.20. The van der Waals surface area contributed by atoms with E-state index in [1.165, 1.54) is 0 Å². The number of anilines is 1. The first-order valence-electron chi connectivity index (χ1n) is 10.3. The number of guanidine groups is 1. The highest BCUT2D eigenvalue weighted by atomic mass is 127. The number of hydrogen-bond acceptors (Lipinski definition) is 5. The molecule has 0 aromatic heterocycles. The van der Waals surface area contributed by atoms with Gasteiger partial charge in [0.05, 0.1) is 17.6 Å². The predicted octanol–water partition coefficient (Wildman–Crippen LogP) is 2.80. The van der Waals surface area contributed by atoms with E-state index in [2.05, 4.69) is 20.9 Å². The molecule has 1 aromatic carbocycles. The Bertz CT molecular complexity index is 849. The first kappa shape index (κ1) is 27.5. The molecule has 0 bridgehead atoms. The van der Waals surface area contributed by atoms with Crippen LogP contribution in [0.2, 0.25) is 0 Å². The smallest absolute Gasteiger partial charge is 0.242 e. The van der Waals surface area contributed by atoms with Crippen molar-refractivity contribution in [1.82, 2.24) is 10.6 Å². The molecule has 0 radical (unpaired) electrons. The Morgan fingerprint density at radius 1 is 1.23 bits per heavy atom. The number of carbonyl (C=O) groups is 1. The number of ether oxygens (including phenoxy) is 1. The van der Waals surface area contributed by atoms with Crippen molar-refractivity contribution in [3.8, 4) is 5.75 Å². The number of carbonyl (C=O) groups excluding carboxylic acids is 1. The molecular weight excluding hydrogens is 531 g/mol. The fraction of sp³-hybridized carbons (Fsp3) is 0.619. The van der Waals surface area contributed by atoms with Gasteiger partial charge in [0, 0.05) is 17.8 Å². The Morgan fingerprint density at radius 2 is 1.87 bits per heavy atom. The monoisotopic (exact) mass is 566 g/mol. The van der Waals surface area contributed by atoms with Crippen molar-refractivity contribution in [2.45, 2.75) is 52.7 Å². The zero-order chi connectivity index (χ0) is 22.4. The van der Waals surface area contributed by atoms with Crippen LogP contribution in [-0.2, 0) is 14.6 Å². The fourth-order valence-electron chi connectivity index (χ4n) is 3.05. The number of halogens is 1. The summed E-state index contributed by atoms with van der Waals surface area (Å²) in [6.07, 6.45) is 0.723. The minimum Gasteiger partial charge on any atom is -0.491 e. The molecule has 1 aromatic rings. The molecule has 1 heterocycles. The van der Waals surface area contributed by atoms with Gasteiger partial charge < -0.3 is 20.7 Å². The average molecular weight is 567 g/mol. The van der Waals surface area contributed by atoms with Crippen LogP contribution in [0.4, 0.5) is 5.69 Å². The zero-order valence-corrected chi connectivity index (χ0v) is 22.0. The van der Waals surface area contributed by atoms with Gasteiger partial charge in [-0.1, -0.05) is 0 Å². The summed E-state index contributed by atoms with van der Waals surface area (Å²) in [6.45, 7) is 10.1. The van der Waals surface area contributed by atoms with Crippen LogP contribution >= 0.6 is 24.0 Å². The number of amides is 1. The topological polar surface area (TPSA) is 109 Å². The molecule has 176 valence electrons. The molecule has 3 N–H and O–H groups in total. The number of sulfone groups is 1. The SMILES string of the molecule is CC(C)Oc1ccc(NC(=NCC(=O)NC(C)(C)C)NCC2CCS(=O)(=O)C2)cc1.I. The van der Waals surface area contributed by atoms with E-state index in [1.54, 1.807) is 0 Å². The summed E-state index contributed by atoms with van der Waals surface area (Å²) in [5.41, 5.74) is 0.450. The van der Waals surface area contributed by atoms with Crippen LogP contribution in [0.1, 0.15) is 41.0 Å². The molecule has 1 atom stereocenters. The lowest BCUT2D eigenvalue weighted by atomic mass is 10.1. The summed E-state index contributed by atoms with van der Waals surface area (Å²) in [5, 5.41) is 9.23. The third-order valence-corrected chi connectivity index (χ3v) is 6.11. The number of nitrogens with one attached hydrogen (secondary N) is 3. The predicted molar refractivity (Wildman–Crippen MR) is 136 cm³/mol. The second-order valence-corrected chi connectivity index (χ2v) is 11.2. The van der Waals surface area contributed by atoms with E-state index in [1.807, 2.05) is 58.9 Å². The van der Waals surface area contributed by atoms with Crippen molar-refractivity contribution in [2.75, 3.05) is 29.9 Å². The van der Waals surface area contributed by atoms with Crippen LogP contribution in [0, 0.1) is 5.92 Å². The Morgan fingerprint density at radius 3 is 2.39 bits per heavy atom. The highest BCUT2D eigenvalue weighted by molar-refractivity contribution is 14.0. The molecule has 10 heteroatoms. The van der Waals surface area contributed by atoms with Crippen molar-refractivity contribution in [3.63, 3.8) is 0 Å². The molecule has 1 unspecified atom stereocenters. The summed E-state index contributed by atoms with van der Waals surface area (Å²) < 4.78 is 29.0. The van der Waals surface area contributed by atoms with Crippen LogP contribution in [0.5, 0.6) is 5.75 Å². The first-order valence-corrected chi connectivity index (χ1v) is 12.1. The molecule has 1 amide bonds. The van der Waals surface area contributed by atoms with Crippen LogP contribution < -0.4 is 20.7 Å². The Balaban J connectivity index is 0.00000480. The molecule has 1 saturated heterocycles. The van der Waals surface area contributed by atoms with E-state index in [0.717, 1.165) is 11.4 Å². The Hall–Kier alpha value is -1.56. The quantitative estimate of drug-likeness (QED) is 0.266. The summed E-state index contributed by atoms with van der Waals surface area (Å²) in [6, 6.07) is 7.44. The maximum atomic E-state index is 12.1. The number of aliphatic imine (C=N–C) groups is 1.